The van der Waals surface area contributed by atoms with Crippen molar-refractivity contribution in [2.45, 2.75) is 49.6 Å². The molecule has 0 radical (unpaired) electrons. The van der Waals surface area contributed by atoms with E-state index >= 15 is 0 Å². The van der Waals surface area contributed by atoms with E-state index < -0.39 is 24.4 Å². The van der Waals surface area contributed by atoms with E-state index in [1.807, 2.05) is 0 Å². The first-order valence-corrected chi connectivity index (χ1v) is 8.83. The molecule has 0 unspecified atom stereocenters. The Morgan fingerprint density at radius 3 is 1.32 bits per heavy atom. The molecule has 0 heterocycles. The molecule has 0 fully saturated rings. The van der Waals surface area contributed by atoms with Crippen LogP contribution < -0.4 is 0 Å². The fourth-order valence-electron chi connectivity index (χ4n) is 0.767. The first-order chi connectivity index (χ1) is 9.85. The van der Waals surface area contributed by atoms with Crippen LogP contribution in [0.25, 0.3) is 0 Å². The van der Waals surface area contributed by atoms with Crippen molar-refractivity contribution in [2.75, 3.05) is 19.4 Å². The van der Waals surface area contributed by atoms with Gasteiger partial charge in [-0.25, -0.2) is 0 Å². The molecule has 0 spiro atoms. The van der Waals surface area contributed by atoms with E-state index in [-0.39, 0.29) is 22.6 Å². The summed E-state index contributed by atoms with van der Waals surface area (Å²) >= 11 is -0.259. The van der Waals surface area contributed by atoms with Gasteiger partial charge in [-0.2, -0.15) is 30.7 Å². The van der Waals surface area contributed by atoms with Crippen LogP contribution >= 0.6 is 31.0 Å². The topological polar surface area (TPSA) is 18.5 Å². The van der Waals surface area contributed by atoms with Crippen LogP contribution in [-0.4, -0.2) is 35.4 Å². The van der Waals surface area contributed by atoms with Crippen LogP contribution in [0.2, 0.25) is 0 Å². The van der Waals surface area contributed by atoms with E-state index in [0.717, 1.165) is 32.2 Å². The van der Waals surface area contributed by atoms with Crippen molar-refractivity contribution in [3.8, 4) is 0 Å². The molecule has 0 atom stereocenters. The second kappa shape index (κ2) is 11.2. The number of rotatable bonds is 8. The molecule has 0 amide bonds. The molecule has 0 N–H and O–H groups in total. The van der Waals surface area contributed by atoms with Crippen molar-refractivity contribution in [1.29, 1.82) is 0 Å². The zero-order valence-corrected chi connectivity index (χ0v) is 15.4. The van der Waals surface area contributed by atoms with Gasteiger partial charge >= 0.3 is 16.0 Å². The summed E-state index contributed by atoms with van der Waals surface area (Å²) in [5.41, 5.74) is 0. The van der Waals surface area contributed by atoms with Crippen molar-refractivity contribution in [1.82, 2.24) is 0 Å². The normalized spacial score (nSPS) is 13.1. The van der Waals surface area contributed by atoms with Crippen LogP contribution in [0.15, 0.2) is 0 Å². The largest absolute Gasteiger partial charge is 0.460 e. The third kappa shape index (κ3) is 9.67. The lowest BCUT2D eigenvalue weighted by Gasteiger charge is -2.23. The Morgan fingerprint density at radius 1 is 0.818 bits per heavy atom. The summed E-state index contributed by atoms with van der Waals surface area (Å²) in [6, 6.07) is 0. The minimum absolute atomic E-state index is 0.259. The van der Waals surface area contributed by atoms with Crippen LogP contribution in [0, 0.1) is 0 Å². The van der Waals surface area contributed by atoms with Crippen LogP contribution in [-0.2, 0) is 9.05 Å². The molecule has 0 aromatic heterocycles. The summed E-state index contributed by atoms with van der Waals surface area (Å²) < 4.78 is 85.3. The second-order valence-corrected chi connectivity index (χ2v) is 7.05. The average molecular weight is 474 g/mol. The molecule has 0 aliphatic heterocycles. The van der Waals surface area contributed by atoms with Crippen molar-refractivity contribution in [3.63, 3.8) is 0 Å². The van der Waals surface area contributed by atoms with Crippen LogP contribution in [0.5, 0.6) is 0 Å². The predicted molar refractivity (Wildman–Crippen MR) is 79.9 cm³/mol. The van der Waals surface area contributed by atoms with E-state index in [9.17, 15) is 30.7 Å². The number of hydrogen-bond donors (Lipinski definition) is 0. The van der Waals surface area contributed by atoms with Crippen LogP contribution in [0.3, 0.4) is 0 Å². The molecular weight excluding hydrogens is 455 g/mol. The summed E-state index contributed by atoms with van der Waals surface area (Å²) in [5, 5.41) is 0. The molecule has 11 heteroatoms. The molecule has 0 aromatic rings. The van der Waals surface area contributed by atoms with Gasteiger partial charge in [-0.1, -0.05) is 20.8 Å². The SMILES string of the molecule is CCCOP(CC)OCCC.FC(F)(F)C(F)(F)C(F)(F)I. The molecule has 0 aliphatic rings. The van der Waals surface area contributed by atoms with Gasteiger partial charge in [-0.05, 0) is 12.8 Å². The Bertz CT molecular complexity index is 261. The maximum absolute atomic E-state index is 11.6. The highest BCUT2D eigenvalue weighted by Crippen LogP contribution is 2.49. The highest BCUT2D eigenvalue weighted by molar-refractivity contribution is 14.1. The van der Waals surface area contributed by atoms with E-state index in [1.165, 1.54) is 0 Å². The Balaban J connectivity index is 0. The summed E-state index contributed by atoms with van der Waals surface area (Å²) in [5.74, 6) is -5.97. The molecule has 0 saturated carbocycles. The maximum atomic E-state index is 11.6. The first kappa shape index (κ1) is 24.8. The zero-order valence-electron chi connectivity index (χ0n) is 12.3. The van der Waals surface area contributed by atoms with Gasteiger partial charge in [-0.3, -0.25) is 0 Å². The van der Waals surface area contributed by atoms with Crippen LogP contribution in [0.1, 0.15) is 33.6 Å². The van der Waals surface area contributed by atoms with Crippen molar-refractivity contribution >= 4 is 31.0 Å². The smallest absolute Gasteiger partial charge is 0.334 e. The molecule has 136 valence electrons. The quantitative estimate of drug-likeness (QED) is 0.176. The molecular formula is C11H19F7IO2P. The Hall–Kier alpha value is 0.590. The summed E-state index contributed by atoms with van der Waals surface area (Å²) in [7, 11) is -0.570. The minimum atomic E-state index is -6.21. The summed E-state index contributed by atoms with van der Waals surface area (Å²) in [4.78, 5) is 0. The van der Waals surface area contributed by atoms with Crippen molar-refractivity contribution in [2.24, 2.45) is 0 Å². The predicted octanol–water partition coefficient (Wildman–Crippen LogP) is 6.38. The first-order valence-electron chi connectivity index (χ1n) is 6.39. The van der Waals surface area contributed by atoms with Crippen LogP contribution in [0.4, 0.5) is 30.7 Å². The zero-order chi connectivity index (χ0) is 18.0. The number of halogens is 8. The highest BCUT2D eigenvalue weighted by Gasteiger charge is 2.72. The van der Waals surface area contributed by atoms with E-state index in [4.69, 9.17) is 9.05 Å². The van der Waals surface area contributed by atoms with Crippen molar-refractivity contribution < 1.29 is 39.8 Å². The standard InChI is InChI=1S/C8H19O2P.C3F7I/c1-4-7-9-11(6-3)10-8-5-2;4-1(5,2(6,7)8)3(9,10)11/h4-8H2,1-3H3;. The van der Waals surface area contributed by atoms with E-state index in [0.29, 0.717) is 0 Å². The molecule has 22 heavy (non-hydrogen) atoms. The fourth-order valence-corrected chi connectivity index (χ4v) is 2.28. The summed E-state index contributed by atoms with van der Waals surface area (Å²) in [6.45, 7) is 8.01. The molecule has 0 saturated heterocycles. The average Bonchev–Trinajstić information content (AvgIpc) is 2.37. The van der Waals surface area contributed by atoms with Gasteiger partial charge in [0.2, 0.25) is 0 Å². The molecule has 0 aromatic carbocycles. The van der Waals surface area contributed by atoms with Gasteiger partial charge in [0, 0.05) is 28.8 Å². The summed E-state index contributed by atoms with van der Waals surface area (Å²) in [6.07, 6.45) is -3.05. The molecule has 0 aliphatic carbocycles. The lowest BCUT2D eigenvalue weighted by Crippen LogP contribution is -2.48. The maximum Gasteiger partial charge on any atom is 0.460 e. The van der Waals surface area contributed by atoms with Gasteiger partial charge in [0.1, 0.15) is 0 Å². The fraction of sp³-hybridized carbons (Fsp3) is 1.00. The van der Waals surface area contributed by atoms with E-state index in [2.05, 4.69) is 20.8 Å². The Morgan fingerprint density at radius 2 is 1.18 bits per heavy atom. The van der Waals surface area contributed by atoms with Gasteiger partial charge in [0.05, 0.1) is 13.2 Å². The van der Waals surface area contributed by atoms with Gasteiger partial charge in [0.25, 0.3) is 0 Å². The number of alkyl halides is 8. The Labute approximate surface area is 140 Å². The molecule has 0 bridgehead atoms. The monoisotopic (exact) mass is 474 g/mol. The molecule has 2 nitrogen and oxygen atoms in total. The molecule has 0 rings (SSSR count). The highest BCUT2D eigenvalue weighted by atomic mass is 127. The van der Waals surface area contributed by atoms with Gasteiger partial charge in [-0.15, -0.1) is 0 Å². The van der Waals surface area contributed by atoms with Gasteiger partial charge < -0.3 is 9.05 Å². The Kier molecular flexibility index (Phi) is 12.6. The lowest BCUT2D eigenvalue weighted by atomic mass is 10.3. The lowest BCUT2D eigenvalue weighted by molar-refractivity contribution is -0.325. The van der Waals surface area contributed by atoms with Crippen molar-refractivity contribution in [3.05, 3.63) is 0 Å². The van der Waals surface area contributed by atoms with Gasteiger partial charge in [0.15, 0.2) is 8.38 Å². The number of hydrogen-bond acceptors (Lipinski definition) is 2. The second-order valence-electron chi connectivity index (χ2n) is 3.89. The minimum Gasteiger partial charge on any atom is -0.334 e. The van der Waals surface area contributed by atoms with E-state index in [1.54, 1.807) is 0 Å². The third-order valence-corrected chi connectivity index (χ3v) is 3.98. The third-order valence-electron chi connectivity index (χ3n) is 1.85.